The van der Waals surface area contributed by atoms with Crippen molar-refractivity contribution < 1.29 is 27.9 Å². The van der Waals surface area contributed by atoms with Crippen LogP contribution < -0.4 is 9.47 Å². The topological polar surface area (TPSA) is 71.1 Å². The van der Waals surface area contributed by atoms with Gasteiger partial charge in [-0.3, -0.25) is 13.9 Å². The Bertz CT molecular complexity index is 1400. The lowest BCUT2D eigenvalue weighted by atomic mass is 9.93. The van der Waals surface area contributed by atoms with Gasteiger partial charge in [-0.25, -0.2) is 0 Å². The monoisotopic (exact) mass is 598 g/mol. The predicted octanol–water partition coefficient (Wildman–Crippen LogP) is 9.47. The molecule has 0 amide bonds. The van der Waals surface area contributed by atoms with E-state index in [-0.39, 0.29) is 24.3 Å². The zero-order valence-electron chi connectivity index (χ0n) is 24.6. The molecule has 0 radical (unpaired) electrons. The molecule has 1 heterocycles. The van der Waals surface area contributed by atoms with E-state index in [1.54, 1.807) is 0 Å². The van der Waals surface area contributed by atoms with Crippen molar-refractivity contribution in [1.29, 1.82) is 0 Å². The van der Waals surface area contributed by atoms with Crippen molar-refractivity contribution in [2.45, 2.75) is 78.7 Å². The van der Waals surface area contributed by atoms with Crippen LogP contribution in [0.15, 0.2) is 54.6 Å². The summed E-state index contributed by atoms with van der Waals surface area (Å²) in [5.74, 6) is 1.12. The summed E-state index contributed by atoms with van der Waals surface area (Å²) in [6, 6.07) is 17.4. The van der Waals surface area contributed by atoms with Gasteiger partial charge in [0.15, 0.2) is 6.35 Å². The van der Waals surface area contributed by atoms with E-state index >= 15 is 0 Å². The number of halogens is 1. The van der Waals surface area contributed by atoms with Crippen LogP contribution in [0, 0.1) is 13.8 Å². The van der Waals surface area contributed by atoms with Crippen molar-refractivity contribution in [2.75, 3.05) is 13.0 Å². The summed E-state index contributed by atoms with van der Waals surface area (Å²) < 4.78 is 37.3. The van der Waals surface area contributed by atoms with E-state index in [4.69, 9.17) is 30.1 Å². The molecule has 0 bridgehead atoms. The van der Waals surface area contributed by atoms with Crippen LogP contribution in [-0.4, -0.2) is 18.9 Å². The Hall–Kier alpha value is -2.63. The van der Waals surface area contributed by atoms with Gasteiger partial charge in [0.2, 0.25) is 0 Å². The lowest BCUT2D eigenvalue weighted by Crippen LogP contribution is -2.10. The van der Waals surface area contributed by atoms with E-state index in [2.05, 4.69) is 33.8 Å². The Morgan fingerprint density at radius 1 is 1.05 bits per heavy atom. The molecule has 220 valence electrons. The standard InChI is InChI=1S/C33H40ClO6P/c1-22(2)30-18-26(13-14-33(30)39-25(5)35)19-31-23(3)16-29(17-24(31)4)37-21-41(36)38-15-8-6-7-12-32(40-41)27-10-9-11-28(34)20-27/h9-11,13-14,16-18,20,22,32H,6-8,12,15,19,21H2,1-5H3/t32-,41+/m0/s1. The highest BCUT2D eigenvalue weighted by Crippen LogP contribution is 2.54. The number of hydrogen-bond acceptors (Lipinski definition) is 6. The summed E-state index contributed by atoms with van der Waals surface area (Å²) in [6.45, 7) is 10.1. The third-order valence-corrected chi connectivity index (χ3v) is 9.13. The van der Waals surface area contributed by atoms with Crippen molar-refractivity contribution >= 4 is 25.2 Å². The van der Waals surface area contributed by atoms with Crippen molar-refractivity contribution in [3.05, 3.63) is 93.0 Å². The van der Waals surface area contributed by atoms with Crippen LogP contribution in [0.5, 0.6) is 11.5 Å². The van der Waals surface area contributed by atoms with Crippen molar-refractivity contribution in [3.63, 3.8) is 0 Å². The molecule has 1 aliphatic heterocycles. The maximum Gasteiger partial charge on any atom is 0.368 e. The quantitative estimate of drug-likeness (QED) is 0.146. The minimum Gasteiger partial charge on any atom is -0.481 e. The van der Waals surface area contributed by atoms with Crippen LogP contribution in [0.25, 0.3) is 0 Å². The zero-order chi connectivity index (χ0) is 29.6. The number of esters is 1. The third kappa shape index (κ3) is 8.68. The van der Waals surface area contributed by atoms with Crippen molar-refractivity contribution in [2.24, 2.45) is 0 Å². The Labute approximate surface area is 248 Å². The summed E-state index contributed by atoms with van der Waals surface area (Å²) in [5.41, 5.74) is 6.36. The molecular weight excluding hydrogens is 559 g/mol. The molecule has 2 atom stereocenters. The largest absolute Gasteiger partial charge is 0.481 e. The summed E-state index contributed by atoms with van der Waals surface area (Å²) >= 11 is 6.22. The third-order valence-electron chi connectivity index (χ3n) is 7.30. The Kier molecular flexibility index (Phi) is 10.7. The molecule has 1 fully saturated rings. The number of rotatable bonds is 8. The molecular formula is C33H40ClO6P. The van der Waals surface area contributed by atoms with Gasteiger partial charge in [-0.05, 0) is 103 Å². The average Bonchev–Trinajstić information content (AvgIpc) is 3.00. The first-order valence-corrected chi connectivity index (χ1v) is 16.3. The molecule has 1 aliphatic rings. The highest BCUT2D eigenvalue weighted by Gasteiger charge is 2.32. The van der Waals surface area contributed by atoms with Crippen LogP contribution in [0.3, 0.4) is 0 Å². The van der Waals surface area contributed by atoms with E-state index in [9.17, 15) is 9.36 Å². The van der Waals surface area contributed by atoms with E-state index < -0.39 is 7.60 Å². The SMILES string of the molecule is CC(=O)Oc1ccc(Cc2c(C)cc(OC[P@@]3(=O)OCCCCC[C@@H](c4cccc(Cl)c4)O3)cc2C)cc1C(C)C. The van der Waals surface area contributed by atoms with Gasteiger partial charge in [0.25, 0.3) is 0 Å². The number of hydrogen-bond donors (Lipinski definition) is 0. The van der Waals surface area contributed by atoms with Crippen molar-refractivity contribution in [3.8, 4) is 11.5 Å². The lowest BCUT2D eigenvalue weighted by molar-refractivity contribution is -0.131. The summed E-state index contributed by atoms with van der Waals surface area (Å²) in [4.78, 5) is 11.5. The number of aryl methyl sites for hydroxylation is 2. The highest BCUT2D eigenvalue weighted by atomic mass is 35.5. The van der Waals surface area contributed by atoms with Crippen LogP contribution in [-0.2, 0) is 24.8 Å². The minimum atomic E-state index is -3.54. The smallest absolute Gasteiger partial charge is 0.368 e. The molecule has 8 heteroatoms. The second-order valence-corrected chi connectivity index (χ2v) is 13.4. The average molecular weight is 599 g/mol. The molecule has 0 spiro atoms. The highest BCUT2D eigenvalue weighted by molar-refractivity contribution is 7.53. The first-order chi connectivity index (χ1) is 19.5. The van der Waals surface area contributed by atoms with E-state index in [0.717, 1.165) is 59.9 Å². The van der Waals surface area contributed by atoms with Crippen LogP contribution in [0.4, 0.5) is 0 Å². The van der Waals surface area contributed by atoms with Gasteiger partial charge in [0.1, 0.15) is 11.5 Å². The van der Waals surface area contributed by atoms with E-state index in [0.29, 0.717) is 23.1 Å². The van der Waals surface area contributed by atoms with Gasteiger partial charge in [0.05, 0.1) is 12.7 Å². The molecule has 0 unspecified atom stereocenters. The zero-order valence-corrected chi connectivity index (χ0v) is 26.2. The van der Waals surface area contributed by atoms with Crippen LogP contribution >= 0.6 is 19.2 Å². The number of carbonyl (C=O) groups is 1. The van der Waals surface area contributed by atoms with Crippen molar-refractivity contribution in [1.82, 2.24) is 0 Å². The van der Waals surface area contributed by atoms with Gasteiger partial charge in [-0.2, -0.15) is 0 Å². The predicted molar refractivity (Wildman–Crippen MR) is 163 cm³/mol. The molecule has 3 aromatic rings. The Morgan fingerprint density at radius 2 is 1.80 bits per heavy atom. The maximum absolute atomic E-state index is 13.8. The maximum atomic E-state index is 13.8. The molecule has 4 rings (SSSR count). The van der Waals surface area contributed by atoms with Gasteiger partial charge in [-0.1, -0.05) is 62.6 Å². The van der Waals surface area contributed by atoms with E-state index in [1.165, 1.54) is 12.5 Å². The first kappa shape index (κ1) is 31.3. The second kappa shape index (κ2) is 14.0. The van der Waals surface area contributed by atoms with Gasteiger partial charge < -0.3 is 14.0 Å². The van der Waals surface area contributed by atoms with Crippen LogP contribution in [0.1, 0.15) is 91.9 Å². The fraction of sp³-hybridized carbons (Fsp3) is 0.424. The fourth-order valence-electron chi connectivity index (χ4n) is 5.17. The Morgan fingerprint density at radius 3 is 2.49 bits per heavy atom. The number of ether oxygens (including phenoxy) is 2. The molecule has 0 aromatic heterocycles. The molecule has 1 saturated heterocycles. The molecule has 0 aliphatic carbocycles. The number of benzene rings is 3. The summed E-state index contributed by atoms with van der Waals surface area (Å²) in [5, 5.41) is 0.616. The molecule has 41 heavy (non-hydrogen) atoms. The molecule has 6 nitrogen and oxygen atoms in total. The molecule has 0 N–H and O–H groups in total. The normalized spacial score (nSPS) is 19.7. The molecule has 3 aromatic carbocycles. The molecule has 0 saturated carbocycles. The van der Waals surface area contributed by atoms with Crippen LogP contribution in [0.2, 0.25) is 5.02 Å². The van der Waals surface area contributed by atoms with Gasteiger partial charge in [-0.15, -0.1) is 0 Å². The van der Waals surface area contributed by atoms with Gasteiger partial charge in [0, 0.05) is 11.9 Å². The number of carbonyl (C=O) groups excluding carboxylic acids is 1. The first-order valence-electron chi connectivity index (χ1n) is 14.2. The van der Waals surface area contributed by atoms with E-state index in [1.807, 2.05) is 48.5 Å². The lowest BCUT2D eigenvalue weighted by Gasteiger charge is -2.24. The minimum absolute atomic E-state index is 0.169. The summed E-state index contributed by atoms with van der Waals surface area (Å²) in [6.07, 6.45) is 3.67. The van der Waals surface area contributed by atoms with Gasteiger partial charge >= 0.3 is 13.6 Å². The second-order valence-electron chi connectivity index (χ2n) is 11.0. The fourth-order valence-corrected chi connectivity index (χ4v) is 6.90. The Balaban J connectivity index is 1.50. The summed E-state index contributed by atoms with van der Waals surface area (Å²) in [7, 11) is -3.54.